The molecule has 230 valence electrons. The first-order valence-corrected chi connectivity index (χ1v) is 14.5. The number of alkyl halides is 2. The minimum atomic E-state index is -2.89. The second-order valence-corrected chi connectivity index (χ2v) is 11.0. The first kappa shape index (κ1) is 29.5. The van der Waals surface area contributed by atoms with Crippen LogP contribution in [0.15, 0.2) is 61.1 Å². The number of nitrogens with zero attached hydrogens (tertiary/aromatic N) is 5. The van der Waals surface area contributed by atoms with E-state index < -0.39 is 12.2 Å². The minimum absolute atomic E-state index is 0.0727. The second kappa shape index (κ2) is 12.2. The number of amides is 2. The number of benzene rings is 2. The molecule has 4 heterocycles. The third-order valence-corrected chi connectivity index (χ3v) is 8.21. The van der Waals surface area contributed by atoms with E-state index in [0.29, 0.717) is 69.1 Å². The van der Waals surface area contributed by atoms with Gasteiger partial charge in [0.05, 0.1) is 11.9 Å². The maximum absolute atomic E-state index is 13.4. The van der Waals surface area contributed by atoms with Gasteiger partial charge in [-0.2, -0.15) is 8.78 Å². The van der Waals surface area contributed by atoms with Gasteiger partial charge < -0.3 is 30.3 Å². The van der Waals surface area contributed by atoms with E-state index in [0.717, 1.165) is 22.5 Å². The fraction of sp³-hybridized carbons (Fsp3) is 0.355. The van der Waals surface area contributed by atoms with Gasteiger partial charge >= 0.3 is 6.61 Å². The van der Waals surface area contributed by atoms with Crippen LogP contribution in [0.2, 0.25) is 0 Å². The number of fused-ring (bicyclic) bond motifs is 1. The summed E-state index contributed by atoms with van der Waals surface area (Å²) in [6.07, 6.45) is 5.86. The lowest BCUT2D eigenvalue weighted by atomic mass is 9.90. The van der Waals surface area contributed by atoms with E-state index in [1.165, 1.54) is 12.1 Å². The summed E-state index contributed by atoms with van der Waals surface area (Å²) in [7, 11) is 0. The monoisotopic (exact) mass is 605 g/mol. The number of carbonyl (C=O) groups is 2. The Kier molecular flexibility index (Phi) is 8.15. The van der Waals surface area contributed by atoms with Crippen molar-refractivity contribution in [3.05, 3.63) is 72.2 Å². The van der Waals surface area contributed by atoms with Gasteiger partial charge in [-0.15, -0.1) is 0 Å². The molecule has 2 aliphatic heterocycles. The number of rotatable bonds is 7. The quantitative estimate of drug-likeness (QED) is 0.293. The molecule has 0 bridgehead atoms. The molecule has 0 radical (unpaired) electrons. The van der Waals surface area contributed by atoms with Crippen molar-refractivity contribution >= 4 is 29.0 Å². The summed E-state index contributed by atoms with van der Waals surface area (Å²) in [4.78, 5) is 38.7. The molecule has 0 aliphatic carbocycles. The highest BCUT2D eigenvalue weighted by atomic mass is 19.3. The Bertz CT molecular complexity index is 1660. The maximum Gasteiger partial charge on any atom is 0.387 e. The van der Waals surface area contributed by atoms with Crippen LogP contribution in [0.1, 0.15) is 28.8 Å². The SMILES string of the molecule is Cc1cc(Nc2nccn3c(-c4ccc(OC(F)F)cc4)cnc23)ccc1C(=O)N1CCN(C(=O)C2(O)CCNCC2)CC1. The van der Waals surface area contributed by atoms with Gasteiger partial charge in [0.25, 0.3) is 11.8 Å². The van der Waals surface area contributed by atoms with Crippen molar-refractivity contribution in [3.63, 3.8) is 0 Å². The van der Waals surface area contributed by atoms with Gasteiger partial charge in [-0.3, -0.25) is 14.0 Å². The molecular weight excluding hydrogens is 572 g/mol. The minimum Gasteiger partial charge on any atom is -0.435 e. The molecule has 2 amide bonds. The fourth-order valence-corrected chi connectivity index (χ4v) is 5.78. The van der Waals surface area contributed by atoms with Crippen LogP contribution in [0, 0.1) is 6.92 Å². The average molecular weight is 606 g/mol. The number of piperidine rings is 1. The Balaban J connectivity index is 1.12. The van der Waals surface area contributed by atoms with E-state index in [4.69, 9.17) is 0 Å². The van der Waals surface area contributed by atoms with Gasteiger partial charge in [-0.1, -0.05) is 0 Å². The first-order valence-electron chi connectivity index (χ1n) is 14.5. The smallest absolute Gasteiger partial charge is 0.387 e. The molecule has 0 spiro atoms. The summed E-state index contributed by atoms with van der Waals surface area (Å²) in [5.74, 6) is 0.225. The molecule has 44 heavy (non-hydrogen) atoms. The van der Waals surface area contributed by atoms with Gasteiger partial charge in [0.15, 0.2) is 11.5 Å². The van der Waals surface area contributed by atoms with Gasteiger partial charge in [-0.05, 0) is 80.9 Å². The second-order valence-electron chi connectivity index (χ2n) is 11.0. The third-order valence-electron chi connectivity index (χ3n) is 8.21. The van der Waals surface area contributed by atoms with Crippen molar-refractivity contribution in [1.82, 2.24) is 29.5 Å². The molecule has 6 rings (SSSR count). The number of anilines is 2. The Morgan fingerprint density at radius 1 is 1.02 bits per heavy atom. The van der Waals surface area contributed by atoms with E-state index in [9.17, 15) is 23.5 Å². The number of aromatic nitrogens is 3. The molecule has 2 aromatic heterocycles. The predicted molar refractivity (Wildman–Crippen MR) is 159 cm³/mol. The van der Waals surface area contributed by atoms with Crippen molar-refractivity contribution in [2.45, 2.75) is 32.0 Å². The molecule has 0 atom stereocenters. The molecule has 0 saturated carbocycles. The number of hydrogen-bond donors (Lipinski definition) is 3. The van der Waals surface area contributed by atoms with Crippen molar-refractivity contribution in [1.29, 1.82) is 0 Å². The summed E-state index contributed by atoms with van der Waals surface area (Å²) in [6.45, 7) is 1.76. The summed E-state index contributed by atoms with van der Waals surface area (Å²) >= 11 is 0. The maximum atomic E-state index is 13.4. The number of imidazole rings is 1. The van der Waals surface area contributed by atoms with Crippen molar-refractivity contribution < 1.29 is 28.2 Å². The third kappa shape index (κ3) is 5.92. The molecule has 2 saturated heterocycles. The van der Waals surface area contributed by atoms with Crippen molar-refractivity contribution in [3.8, 4) is 17.0 Å². The van der Waals surface area contributed by atoms with Crippen LogP contribution < -0.4 is 15.4 Å². The predicted octanol–water partition coefficient (Wildman–Crippen LogP) is 3.45. The van der Waals surface area contributed by atoms with Crippen LogP contribution in [-0.4, -0.2) is 92.6 Å². The van der Waals surface area contributed by atoms with Gasteiger partial charge in [-0.25, -0.2) is 9.97 Å². The zero-order valence-corrected chi connectivity index (χ0v) is 24.2. The molecular formula is C31H33F2N7O4. The number of halogens is 2. The van der Waals surface area contributed by atoms with E-state index in [1.54, 1.807) is 46.6 Å². The molecule has 2 fully saturated rings. The Morgan fingerprint density at radius 2 is 1.73 bits per heavy atom. The van der Waals surface area contributed by atoms with E-state index in [-0.39, 0.29) is 17.6 Å². The van der Waals surface area contributed by atoms with Gasteiger partial charge in [0.1, 0.15) is 11.4 Å². The number of hydrogen-bond acceptors (Lipinski definition) is 8. The number of nitrogens with one attached hydrogen (secondary N) is 2. The highest BCUT2D eigenvalue weighted by molar-refractivity contribution is 5.96. The zero-order chi connectivity index (χ0) is 30.8. The summed E-state index contributed by atoms with van der Waals surface area (Å²) in [6, 6.07) is 11.8. The lowest BCUT2D eigenvalue weighted by Crippen LogP contribution is -2.59. The summed E-state index contributed by atoms with van der Waals surface area (Å²) < 4.78 is 31.3. The topological polar surface area (TPSA) is 124 Å². The highest BCUT2D eigenvalue weighted by Gasteiger charge is 2.41. The summed E-state index contributed by atoms with van der Waals surface area (Å²) in [5.41, 5.74) is 2.83. The van der Waals surface area contributed by atoms with Crippen molar-refractivity contribution in [2.24, 2.45) is 0 Å². The normalized spacial score (nSPS) is 16.8. The summed E-state index contributed by atoms with van der Waals surface area (Å²) in [5, 5.41) is 17.3. The Hall–Kier alpha value is -4.62. The fourth-order valence-electron chi connectivity index (χ4n) is 5.78. The molecule has 13 heteroatoms. The van der Waals surface area contributed by atoms with Crippen LogP contribution >= 0.6 is 0 Å². The standard InChI is InChI=1S/C31H33F2N7O4/c1-20-18-22(4-7-24(20)28(41)38-14-16-39(17-15-38)29(42)31(43)8-10-34-11-9-31)37-26-27-36-19-25(40(27)13-12-35-26)21-2-5-23(6-3-21)44-30(32)33/h2-7,12-13,18-19,30,34,43H,8-11,14-17H2,1H3,(H,35,37). The average Bonchev–Trinajstić information content (AvgIpc) is 3.46. The van der Waals surface area contributed by atoms with Crippen molar-refractivity contribution in [2.75, 3.05) is 44.6 Å². The number of piperazine rings is 1. The number of aryl methyl sites for hydroxylation is 1. The lowest BCUT2D eigenvalue weighted by molar-refractivity contribution is -0.155. The first-order chi connectivity index (χ1) is 21.2. The molecule has 2 aliphatic rings. The number of aliphatic hydroxyl groups is 1. The molecule has 0 unspecified atom stereocenters. The Morgan fingerprint density at radius 3 is 2.41 bits per heavy atom. The van der Waals surface area contributed by atoms with Crippen LogP contribution in [-0.2, 0) is 4.79 Å². The van der Waals surface area contributed by atoms with Gasteiger partial charge in [0, 0.05) is 55.4 Å². The number of carbonyl (C=O) groups excluding carboxylic acids is 2. The van der Waals surface area contributed by atoms with E-state index >= 15 is 0 Å². The van der Waals surface area contributed by atoms with Gasteiger partial charge in [0.2, 0.25) is 0 Å². The number of ether oxygens (including phenoxy) is 1. The van der Waals surface area contributed by atoms with E-state index in [1.807, 2.05) is 23.5 Å². The highest BCUT2D eigenvalue weighted by Crippen LogP contribution is 2.28. The molecule has 2 aromatic carbocycles. The molecule has 4 aromatic rings. The molecule has 3 N–H and O–H groups in total. The lowest BCUT2D eigenvalue weighted by Gasteiger charge is -2.40. The van der Waals surface area contributed by atoms with Crippen LogP contribution in [0.5, 0.6) is 5.75 Å². The van der Waals surface area contributed by atoms with Crippen LogP contribution in [0.3, 0.4) is 0 Å². The molecule has 11 nitrogen and oxygen atoms in total. The van der Waals surface area contributed by atoms with Crippen LogP contribution in [0.4, 0.5) is 20.3 Å². The Labute approximate surface area is 252 Å². The van der Waals surface area contributed by atoms with Crippen LogP contribution in [0.25, 0.3) is 16.9 Å². The zero-order valence-electron chi connectivity index (χ0n) is 24.2. The van der Waals surface area contributed by atoms with E-state index in [2.05, 4.69) is 25.3 Å². The largest absolute Gasteiger partial charge is 0.435 e.